The average molecular weight is 2130 g/mol. The number of nitrogens with one attached hydrogen (secondary N) is 13. The fourth-order valence-electron chi connectivity index (χ4n) is 16.0. The molecule has 5 rings (SSSR count). The Morgan fingerprint density at radius 2 is 0.685 bits per heavy atom. The van der Waals surface area contributed by atoms with Crippen LogP contribution < -0.4 is 74.9 Å². The van der Waals surface area contributed by atoms with Crippen LogP contribution >= 0.6 is 0 Å². The van der Waals surface area contributed by atoms with Crippen LogP contribution in [0.15, 0.2) is 24.3 Å². The number of primary amides is 1. The summed E-state index contributed by atoms with van der Waals surface area (Å²) >= 11 is 0. The third-order valence-corrected chi connectivity index (χ3v) is 22.5. The van der Waals surface area contributed by atoms with Crippen molar-refractivity contribution >= 4 is 142 Å². The van der Waals surface area contributed by atoms with Crippen LogP contribution in [-0.4, -0.2) is 380 Å². The highest BCUT2D eigenvalue weighted by atomic mass is 16.7. The molecule has 0 aromatic heterocycles. The van der Waals surface area contributed by atoms with Crippen LogP contribution in [-0.2, 0) is 193 Å². The van der Waals surface area contributed by atoms with Crippen LogP contribution in [0.5, 0.6) is 5.75 Å². The van der Waals surface area contributed by atoms with E-state index in [0.29, 0.717) is 5.56 Å². The number of likely N-dealkylation sites (tertiary alicyclic amines) is 1. The molecule has 832 valence electrons. The molecule has 15 amide bonds. The molecule has 0 aliphatic carbocycles. The molecule has 57 nitrogen and oxygen atoms in total. The van der Waals surface area contributed by atoms with Crippen LogP contribution in [0, 0.1) is 17.8 Å². The van der Waals surface area contributed by atoms with Crippen molar-refractivity contribution in [2.45, 2.75) is 323 Å². The van der Waals surface area contributed by atoms with Gasteiger partial charge < -0.3 is 166 Å². The number of hydrogen-bond acceptors (Lipinski definition) is 42. The van der Waals surface area contributed by atoms with Crippen LogP contribution in [0.1, 0.15) is 163 Å². The van der Waals surface area contributed by atoms with Gasteiger partial charge in [-0.05, 0) is 61.6 Å². The first-order chi connectivity index (χ1) is 69.7. The Hall–Kier alpha value is -14.0. The van der Waals surface area contributed by atoms with E-state index in [-0.39, 0.29) is 31.6 Å². The number of hydrogen-bond donors (Lipinski definition) is 17. The molecule has 4 fully saturated rings. The number of carbonyl (C=O) groups excluding carboxylic acids is 24. The SMILES string of the molecule is CC(=O)N[C@H]1[C@H](OC[C@H](NC(=O)[C@H](CO[C@@H]2O[C@H](COC(C)=O)[C@@H](OC(C)=O)[C@H](OC(C)=O)[C@H]2NC(C)=O)NC(=O)[C@H](CO[C@@H]2O[C@H](COC(C)=O)[C@@H](OC(C)=O)[C@H](OC(C)=O)[C@H]2NC(C)=O)NC(=O)[C@@H](NC(=O)[C@@H]2CCCN2C(=O)[C@H](C)NC(=O)[C@H](CO)NC(=O)[C@H](Cc2ccc(O)cc2)NC(C)=O)C(C)C)C(=O)N[C@@H](CC(C)C)C(=O)N[C@@H](CO)C(=O)N[C@H](C(N)=O)C(C)C)O[C@H](COC(C)=O)[C@@H](OC(C)=O)[C@@H]1OC(C)=O. The maximum Gasteiger partial charge on any atom is 0.303 e. The van der Waals surface area contributed by atoms with E-state index in [1.807, 2.05) is 0 Å². The van der Waals surface area contributed by atoms with E-state index in [1.165, 1.54) is 58.9 Å². The number of nitrogens with two attached hydrogens (primary N) is 1. The summed E-state index contributed by atoms with van der Waals surface area (Å²) < 4.78 is 87.2. The van der Waals surface area contributed by atoms with E-state index in [9.17, 15) is 106 Å². The summed E-state index contributed by atoms with van der Waals surface area (Å²) in [6.45, 7) is 13.0. The van der Waals surface area contributed by atoms with Crippen LogP contribution in [0.25, 0.3) is 0 Å². The lowest BCUT2D eigenvalue weighted by Crippen LogP contribution is -2.68. The molecule has 149 heavy (non-hydrogen) atoms. The Bertz CT molecular complexity index is 4930. The van der Waals surface area contributed by atoms with Gasteiger partial charge in [0.25, 0.3) is 0 Å². The molecule has 57 heteroatoms. The van der Waals surface area contributed by atoms with Gasteiger partial charge in [0.1, 0.15) is 128 Å². The number of phenolic OH excluding ortho intramolecular Hbond substituents is 1. The lowest BCUT2D eigenvalue weighted by molar-refractivity contribution is -0.279. The number of ether oxygens (including phenoxy) is 15. The van der Waals surface area contributed by atoms with Crippen LogP contribution in [0.4, 0.5) is 0 Å². The zero-order valence-electron chi connectivity index (χ0n) is 86.0. The van der Waals surface area contributed by atoms with E-state index in [0.717, 1.165) is 94.9 Å². The van der Waals surface area contributed by atoms with Gasteiger partial charge in [-0.2, -0.15) is 0 Å². The number of nitrogens with zero attached hydrogens (tertiary/aromatic N) is 1. The first-order valence-electron chi connectivity index (χ1n) is 47.4. The Balaban J connectivity index is 1.83. The van der Waals surface area contributed by atoms with Crippen molar-refractivity contribution in [3.05, 3.63) is 29.8 Å². The molecule has 26 atom stereocenters. The fraction of sp³-hybridized carbons (Fsp3) is 0.674. The quantitative estimate of drug-likeness (QED) is 0.0213. The van der Waals surface area contributed by atoms with Gasteiger partial charge >= 0.3 is 53.7 Å². The molecule has 0 unspecified atom stereocenters. The number of aliphatic hydroxyl groups is 2. The highest BCUT2D eigenvalue weighted by Crippen LogP contribution is 2.33. The summed E-state index contributed by atoms with van der Waals surface area (Å²) in [5.74, 6) is -29.4. The predicted octanol–water partition coefficient (Wildman–Crippen LogP) is -8.34. The van der Waals surface area contributed by atoms with E-state index in [4.69, 9.17) is 76.8 Å². The molecule has 4 aliphatic rings. The first kappa shape index (κ1) is 125. The first-order valence-corrected chi connectivity index (χ1v) is 47.4. The van der Waals surface area contributed by atoms with Gasteiger partial charge in [0.15, 0.2) is 55.5 Å². The van der Waals surface area contributed by atoms with Gasteiger partial charge in [-0.15, -0.1) is 0 Å². The number of carbonyl (C=O) groups is 24. The van der Waals surface area contributed by atoms with Crippen LogP contribution in [0.2, 0.25) is 0 Å². The van der Waals surface area contributed by atoms with Crippen molar-refractivity contribution in [1.29, 1.82) is 0 Å². The number of phenols is 1. The Labute approximate surface area is 855 Å². The number of rotatable bonds is 53. The van der Waals surface area contributed by atoms with E-state index < -0.39 is 378 Å². The minimum atomic E-state index is -2.59. The number of aromatic hydroxyl groups is 1. The van der Waals surface area contributed by atoms with Gasteiger partial charge in [-0.25, -0.2) is 0 Å². The second-order valence-corrected chi connectivity index (χ2v) is 36.4. The molecule has 0 saturated carbocycles. The van der Waals surface area contributed by atoms with E-state index >= 15 is 24.0 Å². The van der Waals surface area contributed by atoms with Crippen molar-refractivity contribution in [3.63, 3.8) is 0 Å². The highest BCUT2D eigenvalue weighted by molar-refractivity contribution is 6.00. The van der Waals surface area contributed by atoms with Gasteiger partial charge in [-0.3, -0.25) is 115 Å². The standard InChI is InChI=1S/C92H137N15O42/c1-38(2)28-57(80(125)101-60(31-109)83(128)105-68(39(3)4)79(93)124)99-84(129)61(32-138-90-70(96-43(9)111)76(144-52(18)120)73(141-49(15)117)65(147-90)35-135-46(12)114)102-85(130)62(33-139-91-71(97-44(10)112)77(145-53(19)121)74(142-50(16)118)66(148-91)36-136-47(13)115)103-86(131)63(34-140-92-72(98-45(11)113)78(146-54(20)122)75(143-51(17)119)67(149-92)37-137-48(14)116)104-88(133)69(40(5)6)106-87(132)64-22-21-27-107(64)89(134)41(7)94-82(127)59(30-108)100-81(126)58(95-42(8)110)29-55-23-25-56(123)26-24-55/h23-26,38-41,57-78,90-92,108-109,123H,21-22,27-37H2,1-20H3,(H2,93,124)(H,94,127)(H,95,110)(H,96,111)(H,97,112)(H,98,113)(H,99,129)(H,100,126)(H,101,125)(H,102,130)(H,103,131)(H,104,133)(H,105,128)(H,106,132)/t41-,57-,58-,59-,60-,61-,62-,63-,64-,65+,66+,67+,68-,69-,70+,71+,72+,73+,74+,75+,76+,77+,78+,90+,91+,92+/m0/s1. The highest BCUT2D eigenvalue weighted by Gasteiger charge is 2.56. The molecule has 0 radical (unpaired) electrons. The third kappa shape index (κ3) is 40.5. The summed E-state index contributed by atoms with van der Waals surface area (Å²) in [4.78, 5) is 332. The maximum absolute atomic E-state index is 16.4. The second kappa shape index (κ2) is 59.8. The molecule has 18 N–H and O–H groups in total. The zero-order valence-corrected chi connectivity index (χ0v) is 86.0. The molecule has 1 aromatic carbocycles. The summed E-state index contributed by atoms with van der Waals surface area (Å²) in [7, 11) is 0. The normalized spacial score (nSPS) is 23.3. The Kier molecular flexibility index (Phi) is 50.4. The topological polar surface area (TPSA) is 794 Å². The smallest absolute Gasteiger partial charge is 0.303 e. The summed E-state index contributed by atoms with van der Waals surface area (Å²) in [5, 5.41) is 62.1. The minimum Gasteiger partial charge on any atom is -0.508 e. The number of esters is 9. The fourth-order valence-corrected chi connectivity index (χ4v) is 16.0. The summed E-state index contributed by atoms with van der Waals surface area (Å²) in [6, 6.07) is -20.9. The van der Waals surface area contributed by atoms with Crippen LogP contribution in [0.3, 0.4) is 0 Å². The monoisotopic (exact) mass is 2120 g/mol. The lowest BCUT2D eigenvalue weighted by Gasteiger charge is -2.45. The predicted molar refractivity (Wildman–Crippen MR) is 500 cm³/mol. The van der Waals surface area contributed by atoms with Crippen molar-refractivity contribution in [3.8, 4) is 5.75 Å². The zero-order chi connectivity index (χ0) is 112. The Morgan fingerprint density at radius 3 is 1.00 bits per heavy atom. The lowest BCUT2D eigenvalue weighted by atomic mass is 9.96. The van der Waals surface area contributed by atoms with Gasteiger partial charge in [-0.1, -0.05) is 53.7 Å². The molecular formula is C92H137N15O42. The van der Waals surface area contributed by atoms with Crippen molar-refractivity contribution in [2.24, 2.45) is 23.5 Å². The molecule has 0 bridgehead atoms. The molecular weight excluding hydrogens is 1990 g/mol. The summed E-state index contributed by atoms with van der Waals surface area (Å²) in [5.41, 5.74) is 6.03. The minimum absolute atomic E-state index is 0.0939. The van der Waals surface area contributed by atoms with Crippen molar-refractivity contribution in [1.82, 2.24) is 74.0 Å². The molecule has 4 aliphatic heterocycles. The van der Waals surface area contributed by atoms with E-state index in [2.05, 4.69) is 69.1 Å². The summed E-state index contributed by atoms with van der Waals surface area (Å²) in [6.07, 6.45) is -23.7. The molecule has 1 aromatic rings. The molecule has 4 saturated heterocycles. The molecule has 4 heterocycles. The van der Waals surface area contributed by atoms with E-state index in [1.54, 1.807) is 13.8 Å². The second-order valence-electron chi connectivity index (χ2n) is 36.4. The third-order valence-electron chi connectivity index (χ3n) is 22.5. The number of benzene rings is 1. The molecule has 0 spiro atoms. The Morgan fingerprint density at radius 1 is 0.369 bits per heavy atom. The van der Waals surface area contributed by atoms with Gasteiger partial charge in [0.05, 0.1) is 33.0 Å². The van der Waals surface area contributed by atoms with Crippen molar-refractivity contribution < 1.29 is 201 Å². The average Bonchev–Trinajstić information content (AvgIpc) is 1.79. The largest absolute Gasteiger partial charge is 0.508 e. The number of amides is 15. The van der Waals surface area contributed by atoms with Crippen molar-refractivity contribution in [2.75, 3.05) is 59.4 Å². The van der Waals surface area contributed by atoms with Gasteiger partial charge in [0.2, 0.25) is 88.6 Å². The maximum atomic E-state index is 16.4. The number of aliphatic hydroxyl groups excluding tert-OH is 2. The van der Waals surface area contributed by atoms with Gasteiger partial charge in [0, 0.05) is 103 Å².